The molecule has 1 aliphatic heterocycles. The van der Waals surface area contributed by atoms with Crippen molar-refractivity contribution in [3.63, 3.8) is 0 Å². The number of aliphatic hydroxyl groups excluding tert-OH is 1. The van der Waals surface area contributed by atoms with Gasteiger partial charge in [-0.1, -0.05) is 12.8 Å². The average Bonchev–Trinajstić information content (AvgIpc) is 3.29. The molecule has 3 heterocycles. The molecule has 10 nitrogen and oxygen atoms in total. The van der Waals surface area contributed by atoms with Crippen molar-refractivity contribution < 1.29 is 14.2 Å². The van der Waals surface area contributed by atoms with Crippen molar-refractivity contribution in [2.75, 3.05) is 18.5 Å². The molecule has 0 amide bonds. The monoisotopic (exact) mass is 470 g/mol. The maximum atomic E-state index is 12.7. The van der Waals surface area contributed by atoms with Crippen LogP contribution in [0.1, 0.15) is 37.3 Å². The zero-order chi connectivity index (χ0) is 23.2. The van der Waals surface area contributed by atoms with Gasteiger partial charge in [0.1, 0.15) is 5.39 Å². The van der Waals surface area contributed by atoms with Crippen LogP contribution in [0.4, 0.5) is 11.5 Å². The van der Waals surface area contributed by atoms with Crippen LogP contribution in [-0.2, 0) is 6.54 Å². The molecule has 1 fully saturated rings. The molecule has 5 rings (SSSR count). The number of aliphatic hydroxyl groups is 1. The molecule has 1 saturated carbocycles. The Morgan fingerprint density at radius 3 is 2.88 bits per heavy atom. The molecule has 0 bridgehead atoms. The van der Waals surface area contributed by atoms with Crippen molar-refractivity contribution in [1.29, 1.82) is 5.26 Å². The second-order valence-electron chi connectivity index (χ2n) is 8.50. The molecule has 2 atom stereocenters. The Morgan fingerprint density at radius 1 is 1.27 bits per heavy atom. The predicted molar refractivity (Wildman–Crippen MR) is 125 cm³/mol. The van der Waals surface area contributed by atoms with E-state index in [4.69, 9.17) is 5.10 Å². The molecule has 0 radical (unpaired) electrons. The molecule has 3 aromatic rings. The van der Waals surface area contributed by atoms with E-state index in [1.165, 1.54) is 4.31 Å². The van der Waals surface area contributed by atoms with Gasteiger partial charge in [0.15, 0.2) is 5.82 Å². The molecule has 174 valence electrons. The van der Waals surface area contributed by atoms with E-state index in [0.717, 1.165) is 31.2 Å². The SMILES string of the molecule is N#C[C@H]1CCCC[C@@H]1n1nc(Nc2ccc3c(c2)CN(CCO)S3(O)O)c2c(=O)[nH]ccc21. The minimum absolute atomic E-state index is 0.0938. The highest BCUT2D eigenvalue weighted by Gasteiger charge is 2.35. The van der Waals surface area contributed by atoms with Crippen molar-refractivity contribution in [3.8, 4) is 6.07 Å². The number of nitrogens with zero attached hydrogens (tertiary/aromatic N) is 4. The Bertz CT molecular complexity index is 1300. The van der Waals surface area contributed by atoms with Crippen molar-refractivity contribution in [3.05, 3.63) is 46.4 Å². The highest BCUT2D eigenvalue weighted by Crippen LogP contribution is 2.58. The van der Waals surface area contributed by atoms with Crippen molar-refractivity contribution in [2.24, 2.45) is 5.92 Å². The summed E-state index contributed by atoms with van der Waals surface area (Å²) < 4.78 is 24.3. The zero-order valence-corrected chi connectivity index (χ0v) is 18.8. The van der Waals surface area contributed by atoms with Crippen LogP contribution in [-0.4, -0.2) is 46.4 Å². The lowest BCUT2D eigenvalue weighted by Gasteiger charge is -2.36. The summed E-state index contributed by atoms with van der Waals surface area (Å²) in [5.41, 5.74) is 1.81. The van der Waals surface area contributed by atoms with E-state index in [2.05, 4.69) is 16.4 Å². The lowest BCUT2D eigenvalue weighted by atomic mass is 9.85. The number of β-amino-alcohol motifs (C(OH)–C–C–N with tert-alkyl or cyclic N) is 1. The van der Waals surface area contributed by atoms with Gasteiger partial charge in [-0.3, -0.25) is 18.6 Å². The molecular formula is C22H26N6O4S. The van der Waals surface area contributed by atoms with Gasteiger partial charge in [0, 0.05) is 25.0 Å². The second-order valence-corrected chi connectivity index (χ2v) is 10.5. The van der Waals surface area contributed by atoms with Gasteiger partial charge in [-0.05, 0) is 42.7 Å². The number of aromatic amines is 1. The van der Waals surface area contributed by atoms with E-state index < -0.39 is 10.8 Å². The number of hydrogen-bond donors (Lipinski definition) is 5. The van der Waals surface area contributed by atoms with Gasteiger partial charge in [0.05, 0.1) is 35.0 Å². The van der Waals surface area contributed by atoms with Crippen LogP contribution in [0.5, 0.6) is 0 Å². The van der Waals surface area contributed by atoms with Crippen LogP contribution in [0.15, 0.2) is 40.2 Å². The average molecular weight is 471 g/mol. The van der Waals surface area contributed by atoms with Crippen molar-refractivity contribution in [2.45, 2.75) is 43.2 Å². The van der Waals surface area contributed by atoms with Crippen LogP contribution < -0.4 is 10.9 Å². The fourth-order valence-corrected chi connectivity index (χ4v) is 6.58. The van der Waals surface area contributed by atoms with Gasteiger partial charge in [-0.2, -0.15) is 14.7 Å². The van der Waals surface area contributed by atoms with Crippen molar-refractivity contribution >= 4 is 33.2 Å². The maximum Gasteiger partial charge on any atom is 0.261 e. The highest BCUT2D eigenvalue weighted by molar-refractivity contribution is 8.22. The topological polar surface area (TPSA) is 150 Å². The lowest BCUT2D eigenvalue weighted by molar-refractivity contribution is 0.244. The summed E-state index contributed by atoms with van der Waals surface area (Å²) >= 11 is 0. The highest BCUT2D eigenvalue weighted by atomic mass is 32.3. The number of nitriles is 1. The molecule has 2 aromatic heterocycles. The van der Waals surface area contributed by atoms with Crippen LogP contribution >= 0.6 is 10.8 Å². The molecule has 0 spiro atoms. The zero-order valence-electron chi connectivity index (χ0n) is 17.9. The number of anilines is 2. The largest absolute Gasteiger partial charge is 0.395 e. The van der Waals surface area contributed by atoms with Crippen LogP contribution in [0.3, 0.4) is 0 Å². The lowest BCUT2D eigenvalue weighted by Crippen LogP contribution is -2.24. The standard InChI is InChI=1S/C22H26N6O4S/c23-12-14-3-1-2-4-17(14)28-18-7-8-24-22(30)20(18)21(26-28)25-16-5-6-19-15(11-16)13-27(9-10-29)33(19,31)32/h5-8,11,14,17,29,31-32H,1-4,9-10,13H2,(H,24,30)(H,25,26)/t14-,17+/m1/s1. The number of rotatable bonds is 5. The van der Waals surface area contributed by atoms with Gasteiger partial charge < -0.3 is 15.4 Å². The minimum atomic E-state index is -3.12. The smallest absolute Gasteiger partial charge is 0.261 e. The van der Waals surface area contributed by atoms with Gasteiger partial charge in [-0.25, -0.2) is 0 Å². The number of benzene rings is 1. The van der Waals surface area contributed by atoms with Gasteiger partial charge in [0.2, 0.25) is 0 Å². The summed E-state index contributed by atoms with van der Waals surface area (Å²) in [6.45, 7) is 0.285. The first-order chi connectivity index (χ1) is 15.9. The van der Waals surface area contributed by atoms with E-state index in [9.17, 15) is 24.3 Å². The molecule has 1 aromatic carbocycles. The fourth-order valence-electron chi connectivity index (χ4n) is 4.92. The number of fused-ring (bicyclic) bond motifs is 2. The van der Waals surface area contributed by atoms with Crippen LogP contribution in [0.2, 0.25) is 0 Å². The van der Waals surface area contributed by atoms with Crippen LogP contribution in [0.25, 0.3) is 10.9 Å². The normalized spacial score (nSPS) is 23.2. The first-order valence-corrected chi connectivity index (χ1v) is 12.5. The first kappa shape index (κ1) is 21.9. The number of nitrogens with one attached hydrogen (secondary N) is 2. The molecule has 11 heteroatoms. The Kier molecular flexibility index (Phi) is 5.64. The van der Waals surface area contributed by atoms with E-state index in [-0.39, 0.29) is 30.7 Å². The molecule has 2 aliphatic rings. The van der Waals surface area contributed by atoms with Crippen LogP contribution in [0, 0.1) is 17.2 Å². The van der Waals surface area contributed by atoms with E-state index in [0.29, 0.717) is 33.8 Å². The summed E-state index contributed by atoms with van der Waals surface area (Å²) in [5, 5.41) is 27.3. The fraction of sp³-hybridized carbons (Fsp3) is 0.409. The van der Waals surface area contributed by atoms with E-state index in [1.54, 1.807) is 18.3 Å². The predicted octanol–water partition coefficient (Wildman–Crippen LogP) is 3.56. The summed E-state index contributed by atoms with van der Waals surface area (Å²) in [7, 11) is -3.12. The Hall–Kier alpha value is -2.88. The summed E-state index contributed by atoms with van der Waals surface area (Å²) in [4.78, 5) is 15.9. The summed E-state index contributed by atoms with van der Waals surface area (Å²) in [5.74, 6) is 0.238. The third kappa shape index (κ3) is 3.70. The third-order valence-electron chi connectivity index (χ3n) is 6.51. The molecule has 0 unspecified atom stereocenters. The van der Waals surface area contributed by atoms with Crippen molar-refractivity contribution in [1.82, 2.24) is 19.1 Å². The Labute approximate surface area is 191 Å². The number of pyridine rings is 1. The number of aromatic nitrogens is 3. The molecule has 0 saturated heterocycles. The molecular weight excluding hydrogens is 444 g/mol. The summed E-state index contributed by atoms with van der Waals surface area (Å²) in [6, 6.07) is 9.30. The van der Waals surface area contributed by atoms with Gasteiger partial charge >= 0.3 is 0 Å². The summed E-state index contributed by atoms with van der Waals surface area (Å²) in [6.07, 6.45) is 5.26. The molecule has 5 N–H and O–H groups in total. The third-order valence-corrected chi connectivity index (χ3v) is 8.53. The number of H-pyrrole nitrogens is 1. The minimum Gasteiger partial charge on any atom is -0.395 e. The molecule has 1 aliphatic carbocycles. The number of hydrogen-bond acceptors (Lipinski definition) is 8. The quantitative estimate of drug-likeness (QED) is 0.380. The Balaban J connectivity index is 1.53. The first-order valence-electron chi connectivity index (χ1n) is 11.0. The molecule has 33 heavy (non-hydrogen) atoms. The van der Waals surface area contributed by atoms with Gasteiger partial charge in [-0.15, -0.1) is 10.8 Å². The second kappa shape index (κ2) is 8.48. The van der Waals surface area contributed by atoms with E-state index in [1.807, 2.05) is 16.8 Å². The van der Waals surface area contributed by atoms with E-state index >= 15 is 0 Å². The van der Waals surface area contributed by atoms with Gasteiger partial charge in [0.25, 0.3) is 5.56 Å². The Morgan fingerprint density at radius 2 is 2.09 bits per heavy atom. The maximum absolute atomic E-state index is 12.7.